The van der Waals surface area contributed by atoms with Gasteiger partial charge in [-0.3, -0.25) is 9.59 Å². The van der Waals surface area contributed by atoms with E-state index in [2.05, 4.69) is 16.0 Å². The first-order chi connectivity index (χ1) is 14.5. The molecule has 1 aliphatic heterocycles. The van der Waals surface area contributed by atoms with Gasteiger partial charge in [-0.1, -0.05) is 48.0 Å². The zero-order chi connectivity index (χ0) is 21.5. The van der Waals surface area contributed by atoms with E-state index in [0.717, 1.165) is 16.7 Å². The van der Waals surface area contributed by atoms with Gasteiger partial charge in [0.1, 0.15) is 0 Å². The van der Waals surface area contributed by atoms with E-state index < -0.39 is 0 Å². The molecule has 0 fully saturated rings. The summed E-state index contributed by atoms with van der Waals surface area (Å²) in [6.45, 7) is 3.78. The van der Waals surface area contributed by atoms with E-state index in [4.69, 9.17) is 17.3 Å². The number of carbonyl (C=O) groups is 2. The van der Waals surface area contributed by atoms with Crippen LogP contribution in [-0.2, 0) is 29.2 Å². The Bertz CT molecular complexity index is 948. The number of nitrogens with two attached hydrogens (primary N) is 1. The van der Waals surface area contributed by atoms with Crippen molar-refractivity contribution in [1.29, 1.82) is 0 Å². The first-order valence-electron chi connectivity index (χ1n) is 9.97. The van der Waals surface area contributed by atoms with Gasteiger partial charge in [0.25, 0.3) is 0 Å². The molecule has 1 unspecified atom stereocenters. The number of carbonyl (C=O) groups excluding carboxylic acids is 2. The molecule has 0 saturated heterocycles. The Hall–Kier alpha value is -2.38. The first kappa shape index (κ1) is 24.9. The number of hydrogen-bond acceptors (Lipinski definition) is 4. The lowest BCUT2D eigenvalue weighted by Gasteiger charge is -2.28. The summed E-state index contributed by atoms with van der Waals surface area (Å²) in [6.07, 6.45) is 0.0275. The molecule has 6 nitrogen and oxygen atoms in total. The van der Waals surface area contributed by atoms with Crippen LogP contribution in [0, 0.1) is 0 Å². The van der Waals surface area contributed by atoms with Crippen molar-refractivity contribution >= 4 is 35.8 Å². The van der Waals surface area contributed by atoms with E-state index in [0.29, 0.717) is 36.8 Å². The molecule has 2 aromatic carbocycles. The average Bonchev–Trinajstić information content (AvgIpc) is 2.75. The maximum absolute atomic E-state index is 12.5. The van der Waals surface area contributed by atoms with Gasteiger partial charge in [-0.25, -0.2) is 0 Å². The van der Waals surface area contributed by atoms with Crippen LogP contribution < -0.4 is 21.7 Å². The molecule has 3 rings (SSSR count). The van der Waals surface area contributed by atoms with Crippen LogP contribution in [0.15, 0.2) is 59.7 Å². The minimum absolute atomic E-state index is 0. The fourth-order valence-corrected chi connectivity index (χ4v) is 3.70. The van der Waals surface area contributed by atoms with Crippen molar-refractivity contribution in [2.75, 3.05) is 6.54 Å². The van der Waals surface area contributed by atoms with Crippen LogP contribution in [-0.4, -0.2) is 24.4 Å². The van der Waals surface area contributed by atoms with Crippen LogP contribution in [0.5, 0.6) is 0 Å². The van der Waals surface area contributed by atoms with Gasteiger partial charge in [0.2, 0.25) is 11.8 Å². The zero-order valence-corrected chi connectivity index (χ0v) is 19.0. The lowest BCUT2D eigenvalue weighted by atomic mass is 9.94. The smallest absolute Gasteiger partial charge is 0.247 e. The Balaban J connectivity index is 0.00000341. The third-order valence-corrected chi connectivity index (χ3v) is 5.57. The molecule has 0 saturated carbocycles. The normalized spacial score (nSPS) is 15.8. The summed E-state index contributed by atoms with van der Waals surface area (Å²) in [5.74, 6) is -0.406. The van der Waals surface area contributed by atoms with Gasteiger partial charge in [-0.2, -0.15) is 0 Å². The van der Waals surface area contributed by atoms with Crippen molar-refractivity contribution in [2.45, 2.75) is 39.0 Å². The lowest BCUT2D eigenvalue weighted by molar-refractivity contribution is -0.123. The Morgan fingerprint density at radius 3 is 2.61 bits per heavy atom. The number of benzene rings is 2. The zero-order valence-electron chi connectivity index (χ0n) is 17.4. The summed E-state index contributed by atoms with van der Waals surface area (Å²) in [6, 6.07) is 15.5. The van der Waals surface area contributed by atoms with E-state index >= 15 is 0 Å². The molecule has 2 amide bonds. The topological polar surface area (TPSA) is 96.2 Å². The maximum atomic E-state index is 12.5. The second-order valence-corrected chi connectivity index (χ2v) is 7.80. The van der Waals surface area contributed by atoms with Crippen LogP contribution >= 0.6 is 24.0 Å². The maximum Gasteiger partial charge on any atom is 0.247 e. The highest BCUT2D eigenvalue weighted by Gasteiger charge is 2.26. The minimum atomic E-state index is -0.217. The second kappa shape index (κ2) is 11.9. The molecule has 0 radical (unpaired) electrons. The van der Waals surface area contributed by atoms with E-state index in [1.54, 1.807) is 12.1 Å². The SMILES string of the molecule is CC1=C(CC(=O)NCc2cc(Cl)ccc2CN)C(=O)NCC1NCc1ccccc1.Cl. The fourth-order valence-electron chi connectivity index (χ4n) is 3.50. The van der Waals surface area contributed by atoms with Gasteiger partial charge in [0.15, 0.2) is 0 Å². The summed E-state index contributed by atoms with van der Waals surface area (Å²) < 4.78 is 0. The molecule has 8 heteroatoms. The second-order valence-electron chi connectivity index (χ2n) is 7.36. The molecule has 166 valence electrons. The Morgan fingerprint density at radius 2 is 1.90 bits per heavy atom. The highest BCUT2D eigenvalue weighted by Crippen LogP contribution is 2.19. The first-order valence-corrected chi connectivity index (χ1v) is 10.3. The van der Waals surface area contributed by atoms with Gasteiger partial charge in [0.05, 0.1) is 6.42 Å². The quantitative estimate of drug-likeness (QED) is 0.484. The summed E-state index contributed by atoms with van der Waals surface area (Å²) in [7, 11) is 0. The van der Waals surface area contributed by atoms with Crippen molar-refractivity contribution in [3.8, 4) is 0 Å². The molecule has 1 aliphatic rings. The molecule has 0 spiro atoms. The van der Waals surface area contributed by atoms with Crippen molar-refractivity contribution in [3.63, 3.8) is 0 Å². The van der Waals surface area contributed by atoms with Crippen LogP contribution in [0.25, 0.3) is 0 Å². The lowest BCUT2D eigenvalue weighted by Crippen LogP contribution is -2.47. The predicted octanol–water partition coefficient (Wildman–Crippen LogP) is 2.83. The standard InChI is InChI=1S/C23H27ClN4O2.ClH/c1-15-20(10-22(29)27-13-18-9-19(24)8-7-17(18)11-25)23(30)28-14-21(15)26-12-16-5-3-2-4-6-16;/h2-9,21,26H,10-14,25H2,1H3,(H,27,29)(H,28,30);1H. The molecule has 0 bridgehead atoms. The number of amides is 2. The fraction of sp³-hybridized carbons (Fsp3) is 0.304. The van der Waals surface area contributed by atoms with Gasteiger partial charge < -0.3 is 21.7 Å². The molecule has 2 aromatic rings. The van der Waals surface area contributed by atoms with E-state index in [1.807, 2.05) is 43.3 Å². The highest BCUT2D eigenvalue weighted by molar-refractivity contribution is 6.30. The molecular weight excluding hydrogens is 435 g/mol. The Labute approximate surface area is 194 Å². The van der Waals surface area contributed by atoms with Crippen molar-refractivity contribution in [1.82, 2.24) is 16.0 Å². The van der Waals surface area contributed by atoms with Crippen molar-refractivity contribution in [2.24, 2.45) is 5.73 Å². The molecule has 5 N–H and O–H groups in total. The average molecular weight is 463 g/mol. The molecule has 0 aliphatic carbocycles. The molecular formula is C23H28Cl2N4O2. The van der Waals surface area contributed by atoms with Crippen LogP contribution in [0.2, 0.25) is 5.02 Å². The van der Waals surface area contributed by atoms with Crippen molar-refractivity contribution < 1.29 is 9.59 Å². The van der Waals surface area contributed by atoms with E-state index in [9.17, 15) is 9.59 Å². The number of hydrogen-bond donors (Lipinski definition) is 4. The summed E-state index contributed by atoms with van der Waals surface area (Å²) in [5.41, 5.74) is 10.1. The summed E-state index contributed by atoms with van der Waals surface area (Å²) in [4.78, 5) is 24.9. The van der Waals surface area contributed by atoms with Gasteiger partial charge in [-0.15, -0.1) is 12.4 Å². The molecule has 0 aromatic heterocycles. The Morgan fingerprint density at radius 1 is 1.16 bits per heavy atom. The van der Waals surface area contributed by atoms with Crippen LogP contribution in [0.4, 0.5) is 0 Å². The summed E-state index contributed by atoms with van der Waals surface area (Å²) >= 11 is 6.05. The third-order valence-electron chi connectivity index (χ3n) is 5.34. The molecule has 1 heterocycles. The van der Waals surface area contributed by atoms with Crippen molar-refractivity contribution in [3.05, 3.63) is 81.4 Å². The summed E-state index contributed by atoms with van der Waals surface area (Å²) in [5, 5.41) is 9.80. The van der Waals surface area contributed by atoms with E-state index in [1.165, 1.54) is 5.56 Å². The predicted molar refractivity (Wildman–Crippen MR) is 126 cm³/mol. The number of nitrogens with one attached hydrogen (secondary N) is 3. The molecule has 31 heavy (non-hydrogen) atoms. The third kappa shape index (κ3) is 6.80. The number of halogens is 2. The highest BCUT2D eigenvalue weighted by atomic mass is 35.5. The minimum Gasteiger partial charge on any atom is -0.352 e. The number of rotatable bonds is 8. The Kier molecular flexibility index (Phi) is 9.52. The largest absolute Gasteiger partial charge is 0.352 e. The molecule has 1 atom stereocenters. The van der Waals surface area contributed by atoms with Gasteiger partial charge in [0, 0.05) is 42.8 Å². The van der Waals surface area contributed by atoms with Gasteiger partial charge >= 0.3 is 0 Å². The van der Waals surface area contributed by atoms with Crippen LogP contribution in [0.1, 0.15) is 30.0 Å². The van der Waals surface area contributed by atoms with Crippen LogP contribution in [0.3, 0.4) is 0 Å². The van der Waals surface area contributed by atoms with Gasteiger partial charge in [-0.05, 0) is 41.3 Å². The van der Waals surface area contributed by atoms with E-state index in [-0.39, 0.29) is 36.7 Å². The monoisotopic (exact) mass is 462 g/mol.